The van der Waals surface area contributed by atoms with Crippen LogP contribution in [-0.4, -0.2) is 20.1 Å². The summed E-state index contributed by atoms with van der Waals surface area (Å²) in [7, 11) is 0. The summed E-state index contributed by atoms with van der Waals surface area (Å²) in [5.74, 6) is 0.130. The van der Waals surface area contributed by atoms with Crippen LogP contribution >= 0.6 is 15.9 Å². The molecule has 1 unspecified atom stereocenters. The molecule has 0 amide bonds. The summed E-state index contributed by atoms with van der Waals surface area (Å²) in [4.78, 5) is 0. The molecule has 1 atom stereocenters. The summed E-state index contributed by atoms with van der Waals surface area (Å²) in [5.41, 5.74) is 0.555. The number of alkyl halides is 1. The monoisotopic (exact) mass is 187 g/mol. The minimum atomic E-state index is -1.71. The Labute approximate surface area is 52.9 Å². The fourth-order valence-corrected chi connectivity index (χ4v) is 0.863. The van der Waals surface area contributed by atoms with Crippen molar-refractivity contribution in [3.8, 4) is 0 Å². The fraction of sp³-hybridized carbons (Fsp3) is 1.00. The first-order chi connectivity index (χ1) is 3.27. The van der Waals surface area contributed by atoms with Crippen molar-refractivity contribution in [2.75, 3.05) is 11.3 Å². The summed E-state index contributed by atoms with van der Waals surface area (Å²) in [6, 6.07) is 0. The van der Waals surface area contributed by atoms with Gasteiger partial charge in [0.2, 0.25) is 0 Å². The lowest BCUT2D eigenvalue weighted by Crippen LogP contribution is -2.15. The van der Waals surface area contributed by atoms with Crippen molar-refractivity contribution < 1.29 is 8.76 Å². The van der Waals surface area contributed by atoms with Gasteiger partial charge in [0.15, 0.2) is 11.1 Å². The number of halogens is 1. The Morgan fingerprint density at radius 1 is 1.86 bits per heavy atom. The first-order valence-electron chi connectivity index (χ1n) is 1.61. The molecule has 0 aromatic heterocycles. The average Bonchev–Trinajstić information content (AvgIpc) is 1.61. The second kappa shape index (κ2) is 4.70. The van der Waals surface area contributed by atoms with Crippen LogP contribution in [0.4, 0.5) is 0 Å². The zero-order chi connectivity index (χ0) is 5.70. The predicted molar refractivity (Wildman–Crippen MR) is 32.6 cm³/mol. The van der Waals surface area contributed by atoms with E-state index in [1.807, 2.05) is 0 Å². The van der Waals surface area contributed by atoms with Gasteiger partial charge in [-0.3, -0.25) is 5.32 Å². The SMILES string of the molecule is O=S(O)CNCBr. The molecule has 0 saturated heterocycles. The third kappa shape index (κ3) is 6.55. The molecule has 0 aliphatic carbocycles. The molecule has 0 aromatic carbocycles. The van der Waals surface area contributed by atoms with E-state index in [9.17, 15) is 4.21 Å². The lowest BCUT2D eigenvalue weighted by molar-refractivity contribution is 0.559. The van der Waals surface area contributed by atoms with E-state index in [0.29, 0.717) is 5.45 Å². The Morgan fingerprint density at radius 2 is 2.43 bits per heavy atom. The van der Waals surface area contributed by atoms with Gasteiger partial charge >= 0.3 is 0 Å². The average molecular weight is 188 g/mol. The van der Waals surface area contributed by atoms with Gasteiger partial charge in [-0.2, -0.15) is 0 Å². The number of rotatable bonds is 3. The molecule has 0 aromatic rings. The van der Waals surface area contributed by atoms with Gasteiger partial charge in [-0.05, 0) is 0 Å². The molecule has 0 fully saturated rings. The molecule has 3 nitrogen and oxygen atoms in total. The van der Waals surface area contributed by atoms with Crippen LogP contribution in [0.3, 0.4) is 0 Å². The number of hydrogen-bond acceptors (Lipinski definition) is 2. The lowest BCUT2D eigenvalue weighted by Gasteiger charge is -1.90. The standard InChI is InChI=1S/C2H6BrNO2S/c3-1-4-2-7(5)6/h4H,1-2H2,(H,5,6). The first-order valence-corrected chi connectivity index (χ1v) is 4.01. The quantitative estimate of drug-likeness (QED) is 0.375. The van der Waals surface area contributed by atoms with Crippen LogP contribution in [0.2, 0.25) is 0 Å². The summed E-state index contributed by atoms with van der Waals surface area (Å²) in [5, 5.41) is 2.61. The zero-order valence-electron chi connectivity index (χ0n) is 3.56. The van der Waals surface area contributed by atoms with Crippen LogP contribution in [0.25, 0.3) is 0 Å². The van der Waals surface area contributed by atoms with E-state index in [1.165, 1.54) is 0 Å². The largest absolute Gasteiger partial charge is 0.305 e. The highest BCUT2D eigenvalue weighted by Crippen LogP contribution is 1.72. The van der Waals surface area contributed by atoms with E-state index in [1.54, 1.807) is 0 Å². The molecule has 0 bridgehead atoms. The lowest BCUT2D eigenvalue weighted by atomic mass is 11.3. The van der Waals surface area contributed by atoms with Crippen LogP contribution in [-0.2, 0) is 11.1 Å². The molecule has 0 heterocycles. The topological polar surface area (TPSA) is 49.3 Å². The second-order valence-electron chi connectivity index (χ2n) is 0.849. The highest BCUT2D eigenvalue weighted by molar-refractivity contribution is 9.09. The smallest absolute Gasteiger partial charge is 0.167 e. The Kier molecular flexibility index (Phi) is 5.07. The van der Waals surface area contributed by atoms with Crippen LogP contribution in [0.5, 0.6) is 0 Å². The molecule has 5 heteroatoms. The van der Waals surface area contributed by atoms with E-state index in [4.69, 9.17) is 4.55 Å². The molecule has 0 spiro atoms. The third-order valence-corrected chi connectivity index (χ3v) is 1.17. The zero-order valence-corrected chi connectivity index (χ0v) is 5.96. The summed E-state index contributed by atoms with van der Waals surface area (Å²) >= 11 is 1.31. The number of hydrogen-bond donors (Lipinski definition) is 2. The van der Waals surface area contributed by atoms with E-state index >= 15 is 0 Å². The summed E-state index contributed by atoms with van der Waals surface area (Å²) < 4.78 is 17.9. The minimum absolute atomic E-state index is 0.130. The van der Waals surface area contributed by atoms with Gasteiger partial charge in [0.1, 0.15) is 0 Å². The van der Waals surface area contributed by atoms with E-state index < -0.39 is 11.1 Å². The van der Waals surface area contributed by atoms with E-state index in [-0.39, 0.29) is 5.88 Å². The summed E-state index contributed by atoms with van der Waals surface area (Å²) in [6.45, 7) is 0. The molecule has 0 rings (SSSR count). The maximum absolute atomic E-state index is 9.79. The van der Waals surface area contributed by atoms with E-state index in [0.717, 1.165) is 0 Å². The maximum Gasteiger partial charge on any atom is 0.167 e. The van der Waals surface area contributed by atoms with E-state index in [2.05, 4.69) is 21.2 Å². The molecular weight excluding hydrogens is 182 g/mol. The molecule has 44 valence electrons. The molecule has 0 aliphatic heterocycles. The number of nitrogens with one attached hydrogen (secondary N) is 1. The van der Waals surface area contributed by atoms with Crippen molar-refractivity contribution >= 4 is 27.0 Å². The van der Waals surface area contributed by atoms with Crippen LogP contribution in [0.15, 0.2) is 0 Å². The molecule has 0 aliphatic rings. The first kappa shape index (κ1) is 7.55. The van der Waals surface area contributed by atoms with Gasteiger partial charge in [-0.15, -0.1) is 0 Å². The Morgan fingerprint density at radius 3 is 2.57 bits per heavy atom. The Hall–Kier alpha value is 0.550. The van der Waals surface area contributed by atoms with Crippen molar-refractivity contribution in [3.05, 3.63) is 0 Å². The van der Waals surface area contributed by atoms with Crippen LogP contribution in [0, 0.1) is 0 Å². The highest BCUT2D eigenvalue weighted by Gasteiger charge is 1.85. The van der Waals surface area contributed by atoms with Crippen LogP contribution < -0.4 is 5.32 Å². The van der Waals surface area contributed by atoms with Gasteiger partial charge in [0.05, 0.1) is 11.3 Å². The molecule has 7 heavy (non-hydrogen) atoms. The highest BCUT2D eigenvalue weighted by atomic mass is 79.9. The van der Waals surface area contributed by atoms with Crippen molar-refractivity contribution in [3.63, 3.8) is 0 Å². The second-order valence-corrected chi connectivity index (χ2v) is 2.34. The molecule has 2 N–H and O–H groups in total. The third-order valence-electron chi connectivity index (χ3n) is 0.320. The van der Waals surface area contributed by atoms with Gasteiger partial charge < -0.3 is 4.55 Å². The molecular formula is C2H6BrNO2S. The minimum Gasteiger partial charge on any atom is -0.305 e. The van der Waals surface area contributed by atoms with Gasteiger partial charge in [-0.25, -0.2) is 4.21 Å². The van der Waals surface area contributed by atoms with Crippen LogP contribution in [0.1, 0.15) is 0 Å². The van der Waals surface area contributed by atoms with Gasteiger partial charge in [0, 0.05) is 0 Å². The van der Waals surface area contributed by atoms with Gasteiger partial charge in [0.25, 0.3) is 0 Å². The predicted octanol–water partition coefficient (Wildman–Crippen LogP) is 0.108. The van der Waals surface area contributed by atoms with Crippen molar-refractivity contribution in [2.45, 2.75) is 0 Å². The van der Waals surface area contributed by atoms with Crippen molar-refractivity contribution in [1.29, 1.82) is 0 Å². The molecule has 0 saturated carbocycles. The van der Waals surface area contributed by atoms with Crippen molar-refractivity contribution in [1.82, 2.24) is 5.32 Å². The summed E-state index contributed by atoms with van der Waals surface area (Å²) in [6.07, 6.45) is 0. The van der Waals surface area contributed by atoms with Crippen molar-refractivity contribution in [2.24, 2.45) is 0 Å². The normalized spacial score (nSPS) is 14.0. The molecule has 0 radical (unpaired) electrons. The van der Waals surface area contributed by atoms with Gasteiger partial charge in [-0.1, -0.05) is 15.9 Å². The maximum atomic E-state index is 9.79. The Bertz CT molecular complexity index is 68.7. The fourth-order valence-electron chi connectivity index (χ4n) is 0.126. The Balaban J connectivity index is 2.82.